The molecule has 0 amide bonds. The van der Waals surface area contributed by atoms with Gasteiger partial charge in [0, 0.05) is 38.9 Å². The summed E-state index contributed by atoms with van der Waals surface area (Å²) < 4.78 is 0. The molecule has 0 atom stereocenters. The Morgan fingerprint density at radius 1 is 0.857 bits per heavy atom. The number of nitrogens with zero attached hydrogens (tertiary/aromatic N) is 2. The van der Waals surface area contributed by atoms with Crippen LogP contribution in [0.1, 0.15) is 33.3 Å². The lowest BCUT2D eigenvalue weighted by molar-refractivity contribution is 0.585. The zero-order valence-corrected chi connectivity index (χ0v) is 17.9. The van der Waals surface area contributed by atoms with E-state index in [4.69, 9.17) is 5.73 Å². The van der Waals surface area contributed by atoms with Crippen molar-refractivity contribution in [3.63, 3.8) is 0 Å². The largest absolute Gasteiger partial charge is 0.354 e. The Morgan fingerprint density at radius 2 is 1.50 bits per heavy atom. The van der Waals surface area contributed by atoms with Crippen LogP contribution in [0.15, 0.2) is 66.9 Å². The van der Waals surface area contributed by atoms with Crippen LogP contribution in [0.25, 0.3) is 10.8 Å². The van der Waals surface area contributed by atoms with Crippen molar-refractivity contribution >= 4 is 16.6 Å². The van der Waals surface area contributed by atoms with Gasteiger partial charge in [0.15, 0.2) is 0 Å². The van der Waals surface area contributed by atoms with Crippen molar-refractivity contribution in [2.75, 3.05) is 31.1 Å². The van der Waals surface area contributed by atoms with Gasteiger partial charge in [-0.05, 0) is 28.5 Å². The summed E-state index contributed by atoms with van der Waals surface area (Å²) in [6, 6.07) is 20.6. The van der Waals surface area contributed by atoms with Crippen LogP contribution in [-0.4, -0.2) is 31.2 Å². The predicted molar refractivity (Wildman–Crippen MR) is 124 cm³/mol. The highest BCUT2D eigenvalue weighted by Gasteiger charge is 2.09. The second kappa shape index (κ2) is 14.6. The van der Waals surface area contributed by atoms with Gasteiger partial charge < -0.3 is 16.0 Å². The van der Waals surface area contributed by atoms with Crippen LogP contribution in [0.5, 0.6) is 0 Å². The number of hydrogen-bond acceptors (Lipinski definition) is 4. The van der Waals surface area contributed by atoms with Gasteiger partial charge in [-0.25, -0.2) is 4.98 Å². The highest BCUT2D eigenvalue weighted by molar-refractivity contribution is 5.85. The smallest absolute Gasteiger partial charge is 0.128 e. The van der Waals surface area contributed by atoms with Crippen LogP contribution < -0.4 is 16.0 Å². The standard InChI is InChI=1S/C11H11N.C9H13N3.2C2H6/c12-8-10-6-3-5-9-4-1-2-7-11(9)10;1-2-4-11-9(3-1)12-7-5-10-6-8-12;2*1-2/h1-7H,8,12H2;1-4,10H,5-8H2;2*1-2H3. The molecule has 0 spiro atoms. The summed E-state index contributed by atoms with van der Waals surface area (Å²) in [5.41, 5.74) is 6.83. The summed E-state index contributed by atoms with van der Waals surface area (Å²) in [6.07, 6.45) is 1.84. The molecular weight excluding hydrogens is 344 g/mol. The SMILES string of the molecule is CC.CC.NCc1cccc2ccccc12.c1ccc(N2CCNCC2)nc1. The maximum Gasteiger partial charge on any atom is 0.128 e. The second-order valence-electron chi connectivity index (χ2n) is 5.77. The molecule has 4 heteroatoms. The van der Waals surface area contributed by atoms with Crippen LogP contribution in [-0.2, 0) is 6.54 Å². The van der Waals surface area contributed by atoms with Gasteiger partial charge >= 0.3 is 0 Å². The molecule has 0 saturated carbocycles. The third-order valence-electron chi connectivity index (χ3n) is 4.19. The van der Waals surface area contributed by atoms with E-state index in [-0.39, 0.29) is 0 Å². The van der Waals surface area contributed by atoms with Gasteiger partial charge in [-0.15, -0.1) is 0 Å². The molecule has 0 unspecified atom stereocenters. The minimum absolute atomic E-state index is 0.612. The molecule has 2 heterocycles. The molecule has 2 aromatic carbocycles. The van der Waals surface area contributed by atoms with Gasteiger partial charge in [0.05, 0.1) is 0 Å². The van der Waals surface area contributed by atoms with Crippen molar-refractivity contribution in [3.8, 4) is 0 Å². The summed E-state index contributed by atoms with van der Waals surface area (Å²) in [6.45, 7) is 12.9. The maximum absolute atomic E-state index is 5.62. The van der Waals surface area contributed by atoms with E-state index in [1.807, 2.05) is 64.2 Å². The number of hydrogen-bond donors (Lipinski definition) is 2. The van der Waals surface area contributed by atoms with Crippen LogP contribution in [0, 0.1) is 0 Å². The zero-order chi connectivity index (χ0) is 20.6. The second-order valence-corrected chi connectivity index (χ2v) is 5.77. The fraction of sp³-hybridized carbons (Fsp3) is 0.375. The highest BCUT2D eigenvalue weighted by Crippen LogP contribution is 2.17. The summed E-state index contributed by atoms with van der Waals surface area (Å²) in [5, 5.41) is 5.85. The molecule has 1 fully saturated rings. The van der Waals surface area contributed by atoms with Crippen LogP contribution in [0.3, 0.4) is 0 Å². The fourth-order valence-electron chi connectivity index (χ4n) is 2.91. The van der Waals surface area contributed by atoms with Gasteiger partial charge in [0.1, 0.15) is 5.82 Å². The van der Waals surface area contributed by atoms with E-state index in [9.17, 15) is 0 Å². The van der Waals surface area contributed by atoms with Crippen LogP contribution in [0.2, 0.25) is 0 Å². The Morgan fingerprint density at radius 3 is 2.14 bits per heavy atom. The van der Waals surface area contributed by atoms with Gasteiger partial charge in [0.25, 0.3) is 0 Å². The average Bonchev–Trinajstić information content (AvgIpc) is 2.83. The van der Waals surface area contributed by atoms with E-state index < -0.39 is 0 Å². The van der Waals surface area contributed by atoms with Crippen LogP contribution >= 0.6 is 0 Å². The van der Waals surface area contributed by atoms with Gasteiger partial charge in [-0.1, -0.05) is 76.2 Å². The molecule has 0 bridgehead atoms. The van der Waals surface area contributed by atoms with Crippen molar-refractivity contribution in [2.24, 2.45) is 5.73 Å². The van der Waals surface area contributed by atoms with Crippen LogP contribution in [0.4, 0.5) is 5.82 Å². The van der Waals surface area contributed by atoms with E-state index in [1.54, 1.807) is 0 Å². The molecule has 0 radical (unpaired) electrons. The molecule has 1 aliphatic heterocycles. The van der Waals surface area contributed by atoms with Gasteiger partial charge in [0.2, 0.25) is 0 Å². The number of fused-ring (bicyclic) bond motifs is 1. The molecule has 3 aromatic rings. The Hall–Kier alpha value is -2.43. The van der Waals surface area contributed by atoms with Crippen molar-refractivity contribution in [2.45, 2.75) is 34.2 Å². The molecule has 1 aliphatic rings. The Labute approximate surface area is 170 Å². The predicted octanol–water partition coefficient (Wildman–Crippen LogP) is 4.84. The van der Waals surface area contributed by atoms with Crippen molar-refractivity contribution < 1.29 is 0 Å². The van der Waals surface area contributed by atoms with Crippen molar-refractivity contribution in [1.82, 2.24) is 10.3 Å². The number of nitrogens with one attached hydrogen (secondary N) is 1. The first-order valence-electron chi connectivity index (χ1n) is 10.4. The number of benzene rings is 2. The quantitative estimate of drug-likeness (QED) is 0.668. The van der Waals surface area contributed by atoms with E-state index in [0.717, 1.165) is 32.0 Å². The zero-order valence-electron chi connectivity index (χ0n) is 17.9. The fourth-order valence-corrected chi connectivity index (χ4v) is 2.91. The lowest BCUT2D eigenvalue weighted by atomic mass is 10.1. The van der Waals surface area contributed by atoms with Crippen molar-refractivity contribution in [3.05, 3.63) is 72.4 Å². The first kappa shape index (κ1) is 23.6. The first-order valence-corrected chi connectivity index (χ1v) is 10.4. The number of anilines is 1. The minimum Gasteiger partial charge on any atom is -0.354 e. The minimum atomic E-state index is 0.612. The Bertz CT molecular complexity index is 747. The molecule has 4 rings (SSSR count). The van der Waals surface area contributed by atoms with E-state index >= 15 is 0 Å². The van der Waals surface area contributed by atoms with E-state index in [0.29, 0.717) is 6.54 Å². The van der Waals surface area contributed by atoms with Gasteiger partial charge in [-0.2, -0.15) is 0 Å². The topological polar surface area (TPSA) is 54.2 Å². The summed E-state index contributed by atoms with van der Waals surface area (Å²) in [5.74, 6) is 1.10. The molecule has 3 N–H and O–H groups in total. The first-order chi connectivity index (χ1) is 13.9. The van der Waals surface area contributed by atoms with Crippen molar-refractivity contribution in [1.29, 1.82) is 0 Å². The molecule has 152 valence electrons. The average molecular weight is 381 g/mol. The number of piperazine rings is 1. The molecular formula is C24H36N4. The molecule has 1 saturated heterocycles. The normalized spacial score (nSPS) is 12.5. The molecule has 4 nitrogen and oxygen atoms in total. The highest BCUT2D eigenvalue weighted by atomic mass is 15.2. The molecule has 0 aliphatic carbocycles. The lowest BCUT2D eigenvalue weighted by Gasteiger charge is -2.28. The third-order valence-corrected chi connectivity index (χ3v) is 4.19. The number of nitrogens with two attached hydrogens (primary N) is 1. The summed E-state index contributed by atoms with van der Waals surface area (Å²) in [7, 11) is 0. The number of rotatable bonds is 2. The Kier molecular flexibility index (Phi) is 12.3. The lowest BCUT2D eigenvalue weighted by Crippen LogP contribution is -2.43. The molecule has 1 aromatic heterocycles. The van der Waals surface area contributed by atoms with E-state index in [1.165, 1.54) is 16.3 Å². The van der Waals surface area contributed by atoms with Gasteiger partial charge in [-0.3, -0.25) is 0 Å². The monoisotopic (exact) mass is 380 g/mol. The summed E-state index contributed by atoms with van der Waals surface area (Å²) >= 11 is 0. The van der Waals surface area contributed by atoms with E-state index in [2.05, 4.69) is 45.5 Å². The summed E-state index contributed by atoms with van der Waals surface area (Å²) in [4.78, 5) is 6.60. The maximum atomic E-state index is 5.62. The number of pyridine rings is 1. The third kappa shape index (κ3) is 7.29. The Balaban J connectivity index is 0.000000238. The number of aromatic nitrogens is 1. The molecule has 28 heavy (non-hydrogen) atoms.